The molecule has 0 saturated carbocycles. The summed E-state index contributed by atoms with van der Waals surface area (Å²) in [5.41, 5.74) is -0.0389. The van der Waals surface area contributed by atoms with E-state index in [2.05, 4.69) is 57.8 Å². The van der Waals surface area contributed by atoms with Crippen molar-refractivity contribution in [2.45, 2.75) is 66.2 Å². The Morgan fingerprint density at radius 2 is 1.62 bits per heavy atom. The summed E-state index contributed by atoms with van der Waals surface area (Å²) in [4.78, 5) is 11.9. The van der Waals surface area contributed by atoms with Crippen molar-refractivity contribution >= 4 is 11.6 Å². The summed E-state index contributed by atoms with van der Waals surface area (Å²) in [6, 6.07) is 2.09. The van der Waals surface area contributed by atoms with Crippen molar-refractivity contribution in [3.8, 4) is 0 Å². The molecule has 0 aliphatic heterocycles. The van der Waals surface area contributed by atoms with Gasteiger partial charge >= 0.3 is 0 Å². The summed E-state index contributed by atoms with van der Waals surface area (Å²) < 4.78 is 0. The highest BCUT2D eigenvalue weighted by molar-refractivity contribution is 5.50. The molecule has 0 unspecified atom stereocenters. The van der Waals surface area contributed by atoms with Gasteiger partial charge in [0, 0.05) is 31.1 Å². The van der Waals surface area contributed by atoms with Crippen molar-refractivity contribution in [2.24, 2.45) is 0 Å². The van der Waals surface area contributed by atoms with Crippen LogP contribution in [0, 0.1) is 0 Å². The Bertz CT molecular complexity index is 417. The average molecular weight is 292 g/mol. The van der Waals surface area contributed by atoms with Gasteiger partial charge in [0.25, 0.3) is 0 Å². The molecule has 0 fully saturated rings. The van der Waals surface area contributed by atoms with E-state index in [1.165, 1.54) is 0 Å². The molecule has 0 amide bonds. The fraction of sp³-hybridized carbons (Fsp3) is 0.765. The molecule has 0 atom stereocenters. The minimum absolute atomic E-state index is 0.0389. The zero-order valence-corrected chi connectivity index (χ0v) is 14.7. The van der Waals surface area contributed by atoms with Crippen LogP contribution < -0.4 is 10.2 Å². The molecule has 0 spiro atoms. The number of aromatic nitrogens is 2. The molecule has 0 bridgehead atoms. The molecule has 1 aromatic rings. The van der Waals surface area contributed by atoms with Crippen molar-refractivity contribution in [3.05, 3.63) is 11.9 Å². The molecule has 4 nitrogen and oxygen atoms in total. The van der Waals surface area contributed by atoms with E-state index in [1.807, 2.05) is 0 Å². The van der Waals surface area contributed by atoms with Crippen LogP contribution in [0.3, 0.4) is 0 Å². The van der Waals surface area contributed by atoms with E-state index >= 15 is 0 Å². The molecular weight excluding hydrogens is 260 g/mol. The maximum Gasteiger partial charge on any atom is 0.138 e. The molecule has 0 aliphatic rings. The second kappa shape index (κ2) is 8.20. The Kier molecular flexibility index (Phi) is 6.93. The Hall–Kier alpha value is -1.32. The van der Waals surface area contributed by atoms with Crippen LogP contribution in [0.5, 0.6) is 0 Å². The first-order valence-corrected chi connectivity index (χ1v) is 8.30. The Labute approximate surface area is 130 Å². The maximum absolute atomic E-state index is 4.83. The highest BCUT2D eigenvalue weighted by Gasteiger charge is 2.20. The lowest BCUT2D eigenvalue weighted by molar-refractivity contribution is 0.544. The number of nitrogens with zero attached hydrogens (tertiary/aromatic N) is 3. The molecule has 1 rings (SSSR count). The zero-order valence-electron chi connectivity index (χ0n) is 14.7. The van der Waals surface area contributed by atoms with Gasteiger partial charge in [-0.15, -0.1) is 0 Å². The van der Waals surface area contributed by atoms with Crippen LogP contribution in [0.4, 0.5) is 11.6 Å². The number of anilines is 2. The fourth-order valence-electron chi connectivity index (χ4n) is 2.16. The van der Waals surface area contributed by atoms with Crippen LogP contribution in [0.1, 0.15) is 66.6 Å². The molecule has 1 heterocycles. The molecule has 1 aromatic heterocycles. The van der Waals surface area contributed by atoms with E-state index in [1.54, 1.807) is 0 Å². The normalized spacial score (nSPS) is 11.5. The van der Waals surface area contributed by atoms with Crippen LogP contribution in [-0.2, 0) is 5.41 Å². The van der Waals surface area contributed by atoms with Gasteiger partial charge in [-0.3, -0.25) is 0 Å². The van der Waals surface area contributed by atoms with Crippen molar-refractivity contribution in [1.29, 1.82) is 0 Å². The van der Waals surface area contributed by atoms with Crippen molar-refractivity contribution in [3.63, 3.8) is 0 Å². The van der Waals surface area contributed by atoms with Gasteiger partial charge in [0.05, 0.1) is 0 Å². The smallest absolute Gasteiger partial charge is 0.138 e. The maximum atomic E-state index is 4.83. The lowest BCUT2D eigenvalue weighted by Crippen LogP contribution is -2.28. The van der Waals surface area contributed by atoms with Crippen molar-refractivity contribution < 1.29 is 0 Å². The van der Waals surface area contributed by atoms with Crippen LogP contribution in [0.25, 0.3) is 0 Å². The molecule has 0 radical (unpaired) electrons. The Balaban J connectivity index is 3.15. The van der Waals surface area contributed by atoms with Gasteiger partial charge in [-0.05, 0) is 19.3 Å². The van der Waals surface area contributed by atoms with Gasteiger partial charge in [-0.25, -0.2) is 9.97 Å². The molecule has 21 heavy (non-hydrogen) atoms. The standard InChI is InChI=1S/C17H32N4/c1-7-10-18-14-13-15(21(11-8-2)12-9-3)20-16(19-14)17(4,5)6/h13H,7-12H2,1-6H3,(H,18,19,20). The molecule has 0 aromatic carbocycles. The minimum Gasteiger partial charge on any atom is -0.370 e. The quantitative estimate of drug-likeness (QED) is 0.779. The summed E-state index contributed by atoms with van der Waals surface area (Å²) in [5, 5.41) is 3.41. The summed E-state index contributed by atoms with van der Waals surface area (Å²) >= 11 is 0. The molecule has 0 saturated heterocycles. The summed E-state index contributed by atoms with van der Waals surface area (Å²) in [7, 11) is 0. The third-order valence-corrected chi connectivity index (χ3v) is 3.25. The Morgan fingerprint density at radius 3 is 2.10 bits per heavy atom. The highest BCUT2D eigenvalue weighted by atomic mass is 15.2. The van der Waals surface area contributed by atoms with Crippen LogP contribution >= 0.6 is 0 Å². The predicted molar refractivity (Wildman–Crippen MR) is 92.3 cm³/mol. The monoisotopic (exact) mass is 292 g/mol. The SMILES string of the molecule is CCCNc1cc(N(CCC)CCC)nc(C(C)(C)C)n1. The van der Waals surface area contributed by atoms with Crippen LogP contribution in [0.15, 0.2) is 6.07 Å². The van der Waals surface area contributed by atoms with Crippen LogP contribution in [-0.4, -0.2) is 29.6 Å². The molecule has 1 N–H and O–H groups in total. The van der Waals surface area contributed by atoms with E-state index in [9.17, 15) is 0 Å². The first kappa shape index (κ1) is 17.7. The lowest BCUT2D eigenvalue weighted by Gasteiger charge is -2.26. The van der Waals surface area contributed by atoms with E-state index < -0.39 is 0 Å². The minimum atomic E-state index is -0.0389. The third kappa shape index (κ3) is 5.52. The van der Waals surface area contributed by atoms with E-state index in [0.29, 0.717) is 0 Å². The fourth-order valence-corrected chi connectivity index (χ4v) is 2.16. The number of hydrogen-bond acceptors (Lipinski definition) is 4. The first-order valence-electron chi connectivity index (χ1n) is 8.30. The lowest BCUT2D eigenvalue weighted by atomic mass is 9.96. The molecule has 0 aliphatic carbocycles. The van der Waals surface area contributed by atoms with Gasteiger partial charge in [0.15, 0.2) is 0 Å². The molecule has 120 valence electrons. The topological polar surface area (TPSA) is 41.0 Å². The van der Waals surface area contributed by atoms with Crippen molar-refractivity contribution in [1.82, 2.24) is 9.97 Å². The summed E-state index contributed by atoms with van der Waals surface area (Å²) in [6.45, 7) is 16.1. The van der Waals surface area contributed by atoms with Crippen LogP contribution in [0.2, 0.25) is 0 Å². The largest absolute Gasteiger partial charge is 0.370 e. The van der Waals surface area contributed by atoms with Gasteiger partial charge < -0.3 is 10.2 Å². The molecular formula is C17H32N4. The first-order chi connectivity index (χ1) is 9.92. The van der Waals surface area contributed by atoms with Gasteiger partial charge in [0.1, 0.15) is 17.5 Å². The summed E-state index contributed by atoms with van der Waals surface area (Å²) in [5.74, 6) is 2.91. The summed E-state index contributed by atoms with van der Waals surface area (Å²) in [6.07, 6.45) is 3.36. The molecule has 4 heteroatoms. The predicted octanol–water partition coefficient (Wildman–Crippen LogP) is 4.22. The second-order valence-corrected chi connectivity index (χ2v) is 6.60. The van der Waals surface area contributed by atoms with Crippen molar-refractivity contribution in [2.75, 3.05) is 29.9 Å². The number of hydrogen-bond donors (Lipinski definition) is 1. The second-order valence-electron chi connectivity index (χ2n) is 6.60. The Morgan fingerprint density at radius 1 is 1.00 bits per heavy atom. The zero-order chi connectivity index (χ0) is 15.9. The van der Waals surface area contributed by atoms with E-state index in [4.69, 9.17) is 9.97 Å². The average Bonchev–Trinajstić information content (AvgIpc) is 2.43. The van der Waals surface area contributed by atoms with Gasteiger partial charge in [-0.2, -0.15) is 0 Å². The van der Waals surface area contributed by atoms with E-state index in [0.717, 1.165) is 56.4 Å². The van der Waals surface area contributed by atoms with Gasteiger partial charge in [-0.1, -0.05) is 41.5 Å². The third-order valence-electron chi connectivity index (χ3n) is 3.25. The van der Waals surface area contributed by atoms with Gasteiger partial charge in [0.2, 0.25) is 0 Å². The number of rotatable bonds is 8. The van der Waals surface area contributed by atoms with E-state index in [-0.39, 0.29) is 5.41 Å². The highest BCUT2D eigenvalue weighted by Crippen LogP contribution is 2.24. The number of nitrogens with one attached hydrogen (secondary N) is 1.